The van der Waals surface area contributed by atoms with Gasteiger partial charge in [-0.15, -0.1) is 0 Å². The Morgan fingerprint density at radius 2 is 1.36 bits per heavy atom. The van der Waals surface area contributed by atoms with Gasteiger partial charge in [-0.05, 0) is 43.0 Å². The van der Waals surface area contributed by atoms with Gasteiger partial charge in [0.25, 0.3) is 0 Å². The van der Waals surface area contributed by atoms with Crippen molar-refractivity contribution in [2.75, 3.05) is 6.61 Å². The average molecular weight is 446 g/mol. The molecule has 0 saturated heterocycles. The van der Waals surface area contributed by atoms with Gasteiger partial charge in [-0.25, -0.2) is 9.48 Å². The number of benzene rings is 3. The van der Waals surface area contributed by atoms with Crippen molar-refractivity contribution in [3.8, 4) is 11.6 Å². The molecule has 0 fully saturated rings. The van der Waals surface area contributed by atoms with Gasteiger partial charge in [0.15, 0.2) is 0 Å². The van der Waals surface area contributed by atoms with Crippen LogP contribution in [0.2, 0.25) is 0 Å². The number of hydrogen-bond acceptors (Lipinski definition) is 4. The fourth-order valence-electron chi connectivity index (χ4n) is 3.74. The summed E-state index contributed by atoms with van der Waals surface area (Å²) in [5, 5.41) is 18.0. The summed E-state index contributed by atoms with van der Waals surface area (Å²) in [5.41, 5.74) is 3.82. The van der Waals surface area contributed by atoms with Gasteiger partial charge in [-0.2, -0.15) is 5.10 Å². The number of aromatic nitrogens is 2. The number of carbonyl (C=O) groups is 1. The molecule has 1 aromatic heterocycles. The average Bonchev–Trinajstić information content (AvgIpc) is 3.13. The number of para-hydroxylation sites is 1. The SMILES string of the molecule is CCOC(=O)C(=C(c1ccccc1)c1ccccc1)c1c(C)nn(-c2ccccc2)c1[O-].[Na+]. The van der Waals surface area contributed by atoms with E-state index in [2.05, 4.69) is 5.10 Å². The Morgan fingerprint density at radius 3 is 1.85 bits per heavy atom. The van der Waals surface area contributed by atoms with Crippen LogP contribution in [0.3, 0.4) is 0 Å². The summed E-state index contributed by atoms with van der Waals surface area (Å²) < 4.78 is 6.77. The third kappa shape index (κ3) is 5.11. The van der Waals surface area contributed by atoms with Gasteiger partial charge < -0.3 is 9.84 Å². The third-order valence-electron chi connectivity index (χ3n) is 5.12. The maximum absolute atomic E-state index is 13.6. The molecule has 0 atom stereocenters. The minimum Gasteiger partial charge on any atom is -0.858 e. The van der Waals surface area contributed by atoms with E-state index in [-0.39, 0.29) is 53.2 Å². The van der Waals surface area contributed by atoms with Crippen LogP contribution >= 0.6 is 0 Å². The molecule has 33 heavy (non-hydrogen) atoms. The molecule has 0 unspecified atom stereocenters. The molecule has 4 rings (SSSR count). The zero-order chi connectivity index (χ0) is 22.5. The second-order valence-electron chi connectivity index (χ2n) is 7.22. The minimum atomic E-state index is -0.553. The van der Waals surface area contributed by atoms with Crippen molar-refractivity contribution < 1.29 is 44.2 Å². The first-order valence-corrected chi connectivity index (χ1v) is 10.5. The van der Waals surface area contributed by atoms with E-state index in [4.69, 9.17) is 4.74 Å². The van der Waals surface area contributed by atoms with Crippen LogP contribution in [0.4, 0.5) is 0 Å². The molecule has 6 heteroatoms. The van der Waals surface area contributed by atoms with Crippen molar-refractivity contribution in [2.45, 2.75) is 13.8 Å². The van der Waals surface area contributed by atoms with Gasteiger partial charge in [-0.1, -0.05) is 78.9 Å². The molecule has 160 valence electrons. The molecule has 0 N–H and O–H groups in total. The molecule has 0 aliphatic carbocycles. The molecule has 0 spiro atoms. The summed E-state index contributed by atoms with van der Waals surface area (Å²) >= 11 is 0. The van der Waals surface area contributed by atoms with Crippen LogP contribution in [0, 0.1) is 6.92 Å². The predicted octanol–water partition coefficient (Wildman–Crippen LogP) is 1.78. The Morgan fingerprint density at radius 1 is 0.879 bits per heavy atom. The number of hydrogen-bond donors (Lipinski definition) is 0. The van der Waals surface area contributed by atoms with E-state index in [1.54, 1.807) is 26.0 Å². The first kappa shape index (κ1) is 24.5. The topological polar surface area (TPSA) is 67.2 Å². The summed E-state index contributed by atoms with van der Waals surface area (Å²) in [6, 6.07) is 28.3. The third-order valence-corrected chi connectivity index (χ3v) is 5.12. The van der Waals surface area contributed by atoms with Crippen molar-refractivity contribution in [2.24, 2.45) is 0 Å². The molecule has 0 aliphatic rings. The molecule has 4 aromatic rings. The quantitative estimate of drug-likeness (QED) is 0.257. The van der Waals surface area contributed by atoms with Crippen LogP contribution in [0.5, 0.6) is 5.88 Å². The predicted molar refractivity (Wildman–Crippen MR) is 123 cm³/mol. The van der Waals surface area contributed by atoms with Crippen molar-refractivity contribution in [1.82, 2.24) is 9.78 Å². The second kappa shape index (κ2) is 11.1. The van der Waals surface area contributed by atoms with Crippen molar-refractivity contribution in [3.05, 3.63) is 113 Å². The van der Waals surface area contributed by atoms with Crippen LogP contribution in [0.15, 0.2) is 91.0 Å². The monoisotopic (exact) mass is 446 g/mol. The smallest absolute Gasteiger partial charge is 0.858 e. The Kier molecular flexibility index (Phi) is 8.28. The summed E-state index contributed by atoms with van der Waals surface area (Å²) in [7, 11) is 0. The maximum Gasteiger partial charge on any atom is 1.00 e. The Labute approximate surface area is 215 Å². The van der Waals surface area contributed by atoms with E-state index < -0.39 is 5.97 Å². The van der Waals surface area contributed by atoms with Gasteiger partial charge in [0.1, 0.15) is 0 Å². The van der Waals surface area contributed by atoms with Crippen molar-refractivity contribution >= 4 is 17.1 Å². The Bertz CT molecular complexity index is 1210. The van der Waals surface area contributed by atoms with E-state index >= 15 is 0 Å². The van der Waals surface area contributed by atoms with E-state index in [0.29, 0.717) is 17.0 Å². The van der Waals surface area contributed by atoms with Gasteiger partial charge in [-0.3, -0.25) is 0 Å². The Balaban J connectivity index is 0.00000306. The fraction of sp³-hybridized carbons (Fsp3) is 0.111. The summed E-state index contributed by atoms with van der Waals surface area (Å²) in [6.45, 7) is 3.68. The van der Waals surface area contributed by atoms with Crippen molar-refractivity contribution in [3.63, 3.8) is 0 Å². The number of carbonyl (C=O) groups excluding carboxylic acids is 1. The van der Waals surface area contributed by atoms with E-state index in [1.807, 2.05) is 78.9 Å². The molecular formula is C27H23N2NaO3. The normalized spacial score (nSPS) is 10.2. The summed E-state index contributed by atoms with van der Waals surface area (Å²) in [6.07, 6.45) is 0. The van der Waals surface area contributed by atoms with Gasteiger partial charge in [0.05, 0.1) is 23.6 Å². The van der Waals surface area contributed by atoms with Gasteiger partial charge >= 0.3 is 35.5 Å². The first-order valence-electron chi connectivity index (χ1n) is 10.5. The number of nitrogens with zero attached hydrogens (tertiary/aromatic N) is 2. The largest absolute Gasteiger partial charge is 1.00 e. The molecule has 0 saturated carbocycles. The summed E-state index contributed by atoms with van der Waals surface area (Å²) in [4.78, 5) is 13.3. The molecule has 0 amide bonds. The Hall–Kier alpha value is -3.12. The number of aryl methyl sites for hydroxylation is 1. The molecule has 5 nitrogen and oxygen atoms in total. The van der Waals surface area contributed by atoms with Crippen LogP contribution < -0.4 is 34.7 Å². The molecule has 1 heterocycles. The second-order valence-corrected chi connectivity index (χ2v) is 7.22. The van der Waals surface area contributed by atoms with Crippen LogP contribution in [0.25, 0.3) is 16.8 Å². The minimum absolute atomic E-state index is 0. The first-order chi connectivity index (χ1) is 15.6. The fourth-order valence-corrected chi connectivity index (χ4v) is 3.74. The van der Waals surface area contributed by atoms with Crippen LogP contribution in [0.1, 0.15) is 29.3 Å². The molecule has 0 radical (unpaired) electrons. The number of ether oxygens (including phenoxy) is 1. The van der Waals surface area contributed by atoms with Gasteiger partial charge in [0.2, 0.25) is 0 Å². The van der Waals surface area contributed by atoms with Crippen LogP contribution in [-0.4, -0.2) is 22.4 Å². The standard InChI is InChI=1S/C27H24N2O3.Na/c1-3-32-27(31)25(23-19(2)28-29(26(23)30)22-17-11-6-12-18-22)24(20-13-7-4-8-14-20)21-15-9-5-10-16-21;/h4-18,30H,3H2,1-2H3;/q;+1/p-1. The molecule has 3 aromatic carbocycles. The summed E-state index contributed by atoms with van der Waals surface area (Å²) in [5.74, 6) is -0.913. The molecular weight excluding hydrogens is 423 g/mol. The maximum atomic E-state index is 13.6. The van der Waals surface area contributed by atoms with Crippen LogP contribution in [-0.2, 0) is 9.53 Å². The molecule has 0 bridgehead atoms. The zero-order valence-corrected chi connectivity index (χ0v) is 21.0. The number of rotatable bonds is 6. The van der Waals surface area contributed by atoms with Crippen molar-refractivity contribution in [1.29, 1.82) is 0 Å². The van der Waals surface area contributed by atoms with E-state index in [9.17, 15) is 9.90 Å². The number of esters is 1. The molecule has 0 aliphatic heterocycles. The van der Waals surface area contributed by atoms with E-state index in [1.165, 1.54) is 4.68 Å². The van der Waals surface area contributed by atoms with Gasteiger partial charge in [0, 0.05) is 11.1 Å². The van der Waals surface area contributed by atoms with E-state index in [0.717, 1.165) is 11.1 Å². The zero-order valence-electron chi connectivity index (χ0n) is 19.0.